The lowest BCUT2D eigenvalue weighted by molar-refractivity contribution is 0.0695. The molecule has 34 heavy (non-hydrogen) atoms. The topological polar surface area (TPSA) is 84.2 Å². The number of piperazine rings is 1. The number of aromatic carboxylic acids is 1. The predicted octanol–water partition coefficient (Wildman–Crippen LogP) is 3.22. The molecule has 2 aliphatic heterocycles. The van der Waals surface area contributed by atoms with Gasteiger partial charge in [-0.15, -0.1) is 0 Å². The highest BCUT2D eigenvalue weighted by molar-refractivity contribution is 5.93. The van der Waals surface area contributed by atoms with Crippen molar-refractivity contribution < 1.29 is 23.8 Å². The summed E-state index contributed by atoms with van der Waals surface area (Å²) in [6.45, 7) is 3.84. The summed E-state index contributed by atoms with van der Waals surface area (Å²) >= 11 is 0. The molecule has 0 bridgehead atoms. The first kappa shape index (κ1) is 21.0. The van der Waals surface area contributed by atoms with Crippen LogP contribution in [0.5, 0.6) is 11.5 Å². The molecule has 9 heteroatoms. The van der Waals surface area contributed by atoms with Gasteiger partial charge in [-0.3, -0.25) is 9.69 Å². The maximum atomic E-state index is 15.2. The van der Waals surface area contributed by atoms with Gasteiger partial charge in [-0.05, 0) is 42.7 Å². The SMILES string of the molecule is O=C(O)c1cn(C2CC2)c2cc(N3CCN(Cc4ccc5c(c4)OCO5)CC3)c(F)cc2c1=O. The minimum Gasteiger partial charge on any atom is -0.477 e. The van der Waals surface area contributed by atoms with E-state index in [4.69, 9.17) is 9.47 Å². The van der Waals surface area contributed by atoms with Crippen molar-refractivity contribution in [3.63, 3.8) is 0 Å². The Labute approximate surface area is 194 Å². The first-order valence-electron chi connectivity index (χ1n) is 11.5. The number of hydrogen-bond acceptors (Lipinski definition) is 6. The fourth-order valence-electron chi connectivity index (χ4n) is 4.85. The van der Waals surface area contributed by atoms with Crippen LogP contribution in [0.15, 0.2) is 41.3 Å². The van der Waals surface area contributed by atoms with E-state index in [9.17, 15) is 14.7 Å². The summed E-state index contributed by atoms with van der Waals surface area (Å²) in [7, 11) is 0. The zero-order valence-electron chi connectivity index (χ0n) is 18.5. The third-order valence-corrected chi connectivity index (χ3v) is 6.83. The Balaban J connectivity index is 1.24. The smallest absolute Gasteiger partial charge is 0.341 e. The van der Waals surface area contributed by atoms with Crippen molar-refractivity contribution in [1.29, 1.82) is 0 Å². The van der Waals surface area contributed by atoms with Crippen LogP contribution in [-0.2, 0) is 6.54 Å². The second kappa shape index (κ2) is 8.02. The molecular formula is C25H24FN3O5. The molecule has 0 radical (unpaired) electrons. The minimum absolute atomic E-state index is 0.120. The first-order valence-corrected chi connectivity index (χ1v) is 11.5. The molecule has 0 atom stereocenters. The Hall–Kier alpha value is -3.59. The molecule has 1 aromatic heterocycles. The zero-order chi connectivity index (χ0) is 23.4. The molecule has 2 aromatic carbocycles. The Morgan fingerprint density at radius 3 is 2.56 bits per heavy atom. The number of anilines is 1. The van der Waals surface area contributed by atoms with Crippen LogP contribution in [0.1, 0.15) is 34.8 Å². The summed E-state index contributed by atoms with van der Waals surface area (Å²) in [5.41, 5.74) is 1.23. The second-order valence-electron chi connectivity index (χ2n) is 9.09. The standard InChI is InChI=1S/C25H24FN3O5/c26-19-10-17-20(29(16-2-3-16)13-18(24(17)30)25(31)32)11-21(19)28-7-5-27(6-8-28)12-15-1-4-22-23(9-15)34-14-33-22/h1,4,9-11,13,16H,2-3,5-8,12,14H2,(H,31,32). The largest absolute Gasteiger partial charge is 0.477 e. The number of carboxylic acid groups (broad SMARTS) is 1. The molecule has 8 nitrogen and oxygen atoms in total. The van der Waals surface area contributed by atoms with Crippen molar-refractivity contribution >= 4 is 22.6 Å². The van der Waals surface area contributed by atoms with Crippen LogP contribution in [0.4, 0.5) is 10.1 Å². The van der Waals surface area contributed by atoms with Gasteiger partial charge in [0.2, 0.25) is 12.2 Å². The summed E-state index contributed by atoms with van der Waals surface area (Å²) < 4.78 is 27.8. The third kappa shape index (κ3) is 3.66. The molecule has 3 aromatic rings. The van der Waals surface area contributed by atoms with Crippen molar-refractivity contribution in [2.24, 2.45) is 0 Å². The van der Waals surface area contributed by atoms with Gasteiger partial charge in [0.1, 0.15) is 11.4 Å². The number of aromatic nitrogens is 1. The second-order valence-corrected chi connectivity index (χ2v) is 9.09. The average Bonchev–Trinajstić information content (AvgIpc) is 3.56. The lowest BCUT2D eigenvalue weighted by atomic mass is 10.1. The summed E-state index contributed by atoms with van der Waals surface area (Å²) in [6, 6.07) is 9.03. The van der Waals surface area contributed by atoms with Gasteiger partial charge in [0.15, 0.2) is 11.5 Å². The molecule has 176 valence electrons. The number of rotatable bonds is 5. The van der Waals surface area contributed by atoms with E-state index < -0.39 is 17.2 Å². The van der Waals surface area contributed by atoms with E-state index in [1.54, 1.807) is 6.07 Å². The first-order chi connectivity index (χ1) is 16.5. The number of ether oxygens (including phenoxy) is 2. The molecule has 1 saturated carbocycles. The lowest BCUT2D eigenvalue weighted by Gasteiger charge is -2.36. The fraction of sp³-hybridized carbons (Fsp3) is 0.360. The maximum Gasteiger partial charge on any atom is 0.341 e. The van der Waals surface area contributed by atoms with Crippen LogP contribution in [0, 0.1) is 5.82 Å². The molecule has 0 spiro atoms. The van der Waals surface area contributed by atoms with Gasteiger partial charge >= 0.3 is 5.97 Å². The monoisotopic (exact) mass is 465 g/mol. The van der Waals surface area contributed by atoms with Crippen molar-refractivity contribution in [2.75, 3.05) is 37.9 Å². The summed E-state index contributed by atoms with van der Waals surface area (Å²) in [6.07, 6.45) is 3.25. The van der Waals surface area contributed by atoms with Crippen LogP contribution in [0.25, 0.3) is 10.9 Å². The van der Waals surface area contributed by atoms with E-state index in [0.717, 1.165) is 49.5 Å². The molecular weight excluding hydrogens is 441 g/mol. The number of fused-ring (bicyclic) bond motifs is 2. The maximum absolute atomic E-state index is 15.2. The summed E-state index contributed by atoms with van der Waals surface area (Å²) in [4.78, 5) is 28.5. The Kier molecular flexibility index (Phi) is 4.95. The quantitative estimate of drug-likeness (QED) is 0.619. The minimum atomic E-state index is -1.29. The highest BCUT2D eigenvalue weighted by Gasteiger charge is 2.28. The number of benzene rings is 2. The number of carbonyl (C=O) groups is 1. The van der Waals surface area contributed by atoms with Gasteiger partial charge in [-0.1, -0.05) is 6.07 Å². The number of halogens is 1. The molecule has 1 N–H and O–H groups in total. The summed E-state index contributed by atoms with van der Waals surface area (Å²) in [5, 5.41) is 9.54. The Morgan fingerprint density at radius 2 is 1.82 bits per heavy atom. The van der Waals surface area contributed by atoms with Gasteiger partial charge < -0.3 is 24.0 Å². The van der Waals surface area contributed by atoms with Crippen LogP contribution < -0.4 is 19.8 Å². The lowest BCUT2D eigenvalue weighted by Crippen LogP contribution is -2.46. The fourth-order valence-corrected chi connectivity index (χ4v) is 4.85. The van der Waals surface area contributed by atoms with Gasteiger partial charge in [-0.2, -0.15) is 0 Å². The third-order valence-electron chi connectivity index (χ3n) is 6.83. The zero-order valence-corrected chi connectivity index (χ0v) is 18.5. The normalized spacial score (nSPS) is 18.0. The Morgan fingerprint density at radius 1 is 1.06 bits per heavy atom. The van der Waals surface area contributed by atoms with Crippen LogP contribution >= 0.6 is 0 Å². The van der Waals surface area contributed by atoms with Gasteiger partial charge in [-0.25, -0.2) is 9.18 Å². The van der Waals surface area contributed by atoms with Crippen molar-refractivity contribution in [2.45, 2.75) is 25.4 Å². The van der Waals surface area contributed by atoms with Crippen molar-refractivity contribution in [3.8, 4) is 11.5 Å². The van der Waals surface area contributed by atoms with E-state index in [0.29, 0.717) is 24.3 Å². The predicted molar refractivity (Wildman–Crippen MR) is 123 cm³/mol. The van der Waals surface area contributed by atoms with E-state index in [1.807, 2.05) is 27.7 Å². The van der Waals surface area contributed by atoms with Gasteiger partial charge in [0, 0.05) is 50.3 Å². The molecule has 6 rings (SSSR count). The van der Waals surface area contributed by atoms with Crippen LogP contribution in [0.3, 0.4) is 0 Å². The highest BCUT2D eigenvalue weighted by Crippen LogP contribution is 2.38. The number of carboxylic acids is 1. The van der Waals surface area contributed by atoms with E-state index in [2.05, 4.69) is 4.90 Å². The van der Waals surface area contributed by atoms with E-state index in [1.165, 1.54) is 12.3 Å². The van der Waals surface area contributed by atoms with Crippen LogP contribution in [0.2, 0.25) is 0 Å². The van der Waals surface area contributed by atoms with Gasteiger partial charge in [0.25, 0.3) is 0 Å². The summed E-state index contributed by atoms with van der Waals surface area (Å²) in [5.74, 6) is -0.259. The van der Waals surface area contributed by atoms with Gasteiger partial charge in [0.05, 0.1) is 11.2 Å². The van der Waals surface area contributed by atoms with E-state index in [-0.39, 0.29) is 23.8 Å². The molecule has 3 heterocycles. The number of pyridine rings is 1. The van der Waals surface area contributed by atoms with Crippen LogP contribution in [-0.4, -0.2) is 53.5 Å². The number of hydrogen-bond donors (Lipinski definition) is 1. The number of nitrogens with zero attached hydrogens (tertiary/aromatic N) is 3. The van der Waals surface area contributed by atoms with Crippen molar-refractivity contribution in [3.05, 3.63) is 63.7 Å². The molecule has 0 unspecified atom stereocenters. The molecule has 3 aliphatic rings. The molecule has 2 fully saturated rings. The van der Waals surface area contributed by atoms with E-state index >= 15 is 4.39 Å². The van der Waals surface area contributed by atoms with Crippen molar-refractivity contribution in [1.82, 2.24) is 9.47 Å². The molecule has 1 aliphatic carbocycles. The molecule has 0 amide bonds. The average molecular weight is 465 g/mol. The highest BCUT2D eigenvalue weighted by atomic mass is 19.1. The molecule has 1 saturated heterocycles. The Bertz CT molecular complexity index is 1360.